The topological polar surface area (TPSA) is 78.9 Å². The first-order valence-corrected chi connectivity index (χ1v) is 6.99. The summed E-state index contributed by atoms with van der Waals surface area (Å²) in [6, 6.07) is 0. The Kier molecular flexibility index (Phi) is 5.15. The number of carboxylic acids is 1. The molecule has 0 spiro atoms. The number of ether oxygens (including phenoxy) is 1. The van der Waals surface area contributed by atoms with Gasteiger partial charge in [-0.3, -0.25) is 14.5 Å². The number of rotatable bonds is 5. The van der Waals surface area contributed by atoms with Crippen molar-refractivity contribution in [3.05, 3.63) is 0 Å². The second-order valence-corrected chi connectivity index (χ2v) is 5.23. The van der Waals surface area contributed by atoms with Crippen molar-refractivity contribution in [2.45, 2.75) is 19.3 Å². The van der Waals surface area contributed by atoms with Gasteiger partial charge in [-0.25, -0.2) is 0 Å². The molecule has 2 atom stereocenters. The van der Waals surface area contributed by atoms with E-state index >= 15 is 0 Å². The monoisotopic (exact) mass is 270 g/mol. The van der Waals surface area contributed by atoms with Gasteiger partial charge in [0.25, 0.3) is 0 Å². The average Bonchev–Trinajstić information content (AvgIpc) is 2.89. The van der Waals surface area contributed by atoms with Crippen LogP contribution in [0.3, 0.4) is 0 Å². The van der Waals surface area contributed by atoms with E-state index < -0.39 is 11.9 Å². The lowest BCUT2D eigenvalue weighted by Crippen LogP contribution is -2.43. The molecule has 2 N–H and O–H groups in total. The zero-order valence-corrected chi connectivity index (χ0v) is 11.1. The Morgan fingerprint density at radius 2 is 1.89 bits per heavy atom. The Balaban J connectivity index is 1.70. The summed E-state index contributed by atoms with van der Waals surface area (Å²) in [5, 5.41) is 11.9. The molecule has 108 valence electrons. The minimum Gasteiger partial charge on any atom is -0.481 e. The molecule has 19 heavy (non-hydrogen) atoms. The quantitative estimate of drug-likeness (QED) is 0.731. The third kappa shape index (κ3) is 3.91. The first-order valence-electron chi connectivity index (χ1n) is 6.99. The van der Waals surface area contributed by atoms with E-state index in [0.29, 0.717) is 19.4 Å². The minimum atomic E-state index is -0.842. The highest BCUT2D eigenvalue weighted by atomic mass is 16.5. The molecular weight excluding hydrogens is 248 g/mol. The van der Waals surface area contributed by atoms with Crippen LogP contribution in [0.2, 0.25) is 0 Å². The fraction of sp³-hybridized carbons (Fsp3) is 0.846. The lowest BCUT2D eigenvalue weighted by atomic mass is 9.95. The fourth-order valence-corrected chi connectivity index (χ4v) is 2.86. The lowest BCUT2D eigenvalue weighted by molar-refractivity contribution is -0.146. The molecule has 0 aromatic rings. The zero-order chi connectivity index (χ0) is 13.7. The molecule has 1 aliphatic carbocycles. The van der Waals surface area contributed by atoms with E-state index in [1.165, 1.54) is 0 Å². The van der Waals surface area contributed by atoms with Crippen LogP contribution in [-0.4, -0.2) is 61.3 Å². The van der Waals surface area contributed by atoms with Gasteiger partial charge in [-0.05, 0) is 12.8 Å². The van der Waals surface area contributed by atoms with Gasteiger partial charge >= 0.3 is 5.97 Å². The Bertz CT molecular complexity index is 329. The molecule has 1 amide bonds. The number of aliphatic carboxylic acids is 1. The number of amides is 1. The Hall–Kier alpha value is -1.14. The summed E-state index contributed by atoms with van der Waals surface area (Å²) in [5.74, 6) is -1.78. The van der Waals surface area contributed by atoms with Crippen LogP contribution in [0.4, 0.5) is 0 Å². The first kappa shape index (κ1) is 14.3. The highest BCUT2D eigenvalue weighted by Crippen LogP contribution is 2.31. The maximum atomic E-state index is 12.0. The van der Waals surface area contributed by atoms with Crippen LogP contribution >= 0.6 is 0 Å². The van der Waals surface area contributed by atoms with Gasteiger partial charge in [-0.15, -0.1) is 0 Å². The summed E-state index contributed by atoms with van der Waals surface area (Å²) in [6.45, 7) is 4.69. The van der Waals surface area contributed by atoms with Crippen LogP contribution in [0.1, 0.15) is 19.3 Å². The summed E-state index contributed by atoms with van der Waals surface area (Å²) in [7, 11) is 0. The largest absolute Gasteiger partial charge is 0.481 e. The smallest absolute Gasteiger partial charge is 0.307 e. The number of hydrogen-bond donors (Lipinski definition) is 2. The number of morpholine rings is 1. The summed E-state index contributed by atoms with van der Waals surface area (Å²) in [4.78, 5) is 25.3. The van der Waals surface area contributed by atoms with Crippen molar-refractivity contribution in [2.75, 3.05) is 39.4 Å². The molecule has 6 nitrogen and oxygen atoms in total. The lowest BCUT2D eigenvalue weighted by Gasteiger charge is -2.26. The van der Waals surface area contributed by atoms with Crippen molar-refractivity contribution in [2.24, 2.45) is 11.8 Å². The fourth-order valence-electron chi connectivity index (χ4n) is 2.86. The van der Waals surface area contributed by atoms with Gasteiger partial charge in [0.15, 0.2) is 0 Å². The van der Waals surface area contributed by atoms with Gasteiger partial charge in [0.1, 0.15) is 0 Å². The number of carboxylic acid groups (broad SMARTS) is 1. The van der Waals surface area contributed by atoms with Crippen molar-refractivity contribution in [1.82, 2.24) is 10.2 Å². The van der Waals surface area contributed by atoms with E-state index in [9.17, 15) is 9.59 Å². The van der Waals surface area contributed by atoms with E-state index in [2.05, 4.69) is 10.2 Å². The van der Waals surface area contributed by atoms with Crippen LogP contribution in [-0.2, 0) is 14.3 Å². The zero-order valence-electron chi connectivity index (χ0n) is 11.1. The van der Waals surface area contributed by atoms with Crippen LogP contribution < -0.4 is 5.32 Å². The highest BCUT2D eigenvalue weighted by Gasteiger charge is 2.37. The second kappa shape index (κ2) is 6.86. The third-order valence-electron chi connectivity index (χ3n) is 4.00. The number of nitrogens with one attached hydrogen (secondary N) is 1. The SMILES string of the molecule is O=C(O)[C@H]1CCC[C@H]1C(=O)NCCN1CCOCC1. The van der Waals surface area contributed by atoms with Crippen molar-refractivity contribution < 1.29 is 19.4 Å². The van der Waals surface area contributed by atoms with Gasteiger partial charge in [0.05, 0.1) is 25.0 Å². The molecule has 1 saturated heterocycles. The Morgan fingerprint density at radius 1 is 1.21 bits per heavy atom. The van der Waals surface area contributed by atoms with Crippen molar-refractivity contribution >= 4 is 11.9 Å². The molecule has 2 aliphatic rings. The van der Waals surface area contributed by atoms with Gasteiger partial charge < -0.3 is 15.2 Å². The van der Waals surface area contributed by atoms with Gasteiger partial charge in [-0.1, -0.05) is 6.42 Å². The number of carbonyl (C=O) groups is 2. The van der Waals surface area contributed by atoms with E-state index in [1.54, 1.807) is 0 Å². The van der Waals surface area contributed by atoms with Crippen LogP contribution in [0.15, 0.2) is 0 Å². The van der Waals surface area contributed by atoms with Gasteiger partial charge in [0.2, 0.25) is 5.91 Å². The van der Waals surface area contributed by atoms with Crippen LogP contribution in [0.25, 0.3) is 0 Å². The Labute approximate surface area is 113 Å². The summed E-state index contributed by atoms with van der Waals surface area (Å²) < 4.78 is 5.25. The van der Waals surface area contributed by atoms with Crippen LogP contribution in [0, 0.1) is 11.8 Å². The summed E-state index contributed by atoms with van der Waals surface area (Å²) in [6.07, 6.45) is 2.15. The molecule has 0 radical (unpaired) electrons. The molecule has 0 bridgehead atoms. The predicted molar refractivity (Wildman–Crippen MR) is 68.7 cm³/mol. The summed E-state index contributed by atoms with van der Waals surface area (Å²) >= 11 is 0. The van der Waals surface area contributed by atoms with Gasteiger partial charge in [-0.2, -0.15) is 0 Å². The minimum absolute atomic E-state index is 0.0989. The molecule has 0 aromatic heterocycles. The molecule has 1 aliphatic heterocycles. The van der Waals surface area contributed by atoms with Crippen molar-refractivity contribution in [3.63, 3.8) is 0 Å². The van der Waals surface area contributed by atoms with Gasteiger partial charge in [0, 0.05) is 26.2 Å². The molecule has 1 heterocycles. The molecule has 0 unspecified atom stereocenters. The predicted octanol–water partition coefficient (Wildman–Crippen LogP) is -0.0643. The van der Waals surface area contributed by atoms with Crippen molar-refractivity contribution in [3.8, 4) is 0 Å². The maximum Gasteiger partial charge on any atom is 0.307 e. The number of carbonyl (C=O) groups excluding carboxylic acids is 1. The molecular formula is C13H22N2O4. The molecule has 0 aromatic carbocycles. The standard InChI is InChI=1S/C13H22N2O4/c16-12(10-2-1-3-11(10)13(17)18)14-4-5-15-6-8-19-9-7-15/h10-11H,1-9H2,(H,14,16)(H,17,18)/t10-,11+/m1/s1. The second-order valence-electron chi connectivity index (χ2n) is 5.23. The van der Waals surface area contributed by atoms with E-state index in [0.717, 1.165) is 39.3 Å². The number of hydrogen-bond acceptors (Lipinski definition) is 4. The Morgan fingerprint density at radius 3 is 2.58 bits per heavy atom. The number of nitrogens with zero attached hydrogens (tertiary/aromatic N) is 1. The average molecular weight is 270 g/mol. The molecule has 6 heteroatoms. The van der Waals surface area contributed by atoms with Crippen molar-refractivity contribution in [1.29, 1.82) is 0 Å². The highest BCUT2D eigenvalue weighted by molar-refractivity contribution is 5.85. The van der Waals surface area contributed by atoms with E-state index in [1.807, 2.05) is 0 Å². The molecule has 2 rings (SSSR count). The third-order valence-corrected chi connectivity index (χ3v) is 4.00. The van der Waals surface area contributed by atoms with Crippen LogP contribution in [0.5, 0.6) is 0 Å². The normalized spacial score (nSPS) is 28.2. The molecule has 1 saturated carbocycles. The maximum absolute atomic E-state index is 12.0. The van der Waals surface area contributed by atoms with E-state index in [-0.39, 0.29) is 11.8 Å². The summed E-state index contributed by atoms with van der Waals surface area (Å²) in [5.41, 5.74) is 0. The molecule has 2 fully saturated rings. The van der Waals surface area contributed by atoms with E-state index in [4.69, 9.17) is 9.84 Å². The first-order chi connectivity index (χ1) is 9.18.